The molecule has 0 spiro atoms. The molecule has 0 aromatic heterocycles. The van der Waals surface area contributed by atoms with Crippen molar-refractivity contribution in [3.8, 4) is 0 Å². The summed E-state index contributed by atoms with van der Waals surface area (Å²) in [6.45, 7) is 3.09. The van der Waals surface area contributed by atoms with Gasteiger partial charge >= 0.3 is 5.97 Å². The number of ether oxygens (including phenoxy) is 1. The zero-order valence-corrected chi connectivity index (χ0v) is 13.9. The number of hydrogen-bond acceptors (Lipinski definition) is 4. The van der Waals surface area contributed by atoms with Crippen LogP contribution in [0.25, 0.3) is 0 Å². The van der Waals surface area contributed by atoms with Crippen molar-refractivity contribution >= 4 is 11.9 Å². The van der Waals surface area contributed by atoms with Gasteiger partial charge in [0.15, 0.2) is 0 Å². The van der Waals surface area contributed by atoms with Crippen molar-refractivity contribution in [2.45, 2.75) is 76.2 Å². The summed E-state index contributed by atoms with van der Waals surface area (Å²) in [6.07, 6.45) is 6.83. The normalized spacial score (nSPS) is 33.5. The Hall–Kier alpha value is -1.14. The third-order valence-electron chi connectivity index (χ3n) is 5.36. The molecule has 23 heavy (non-hydrogen) atoms. The van der Waals surface area contributed by atoms with E-state index < -0.39 is 5.97 Å². The molecule has 3 rings (SSSR count). The molecule has 1 heterocycles. The van der Waals surface area contributed by atoms with Crippen LogP contribution in [-0.4, -0.2) is 59.3 Å². The van der Waals surface area contributed by atoms with Crippen LogP contribution in [0.1, 0.15) is 51.9 Å². The number of amides is 1. The van der Waals surface area contributed by atoms with Gasteiger partial charge in [0, 0.05) is 18.6 Å². The van der Waals surface area contributed by atoms with E-state index in [2.05, 4.69) is 17.1 Å². The fourth-order valence-electron chi connectivity index (χ4n) is 3.65. The topological polar surface area (TPSA) is 78.9 Å². The lowest BCUT2D eigenvalue weighted by Crippen LogP contribution is -2.56. The van der Waals surface area contributed by atoms with E-state index in [-0.39, 0.29) is 30.7 Å². The molecule has 2 unspecified atom stereocenters. The Kier molecular flexibility index (Phi) is 5.21. The number of carboxylic acids is 1. The molecular formula is C17H28N2O4. The van der Waals surface area contributed by atoms with Gasteiger partial charge in [0.2, 0.25) is 5.91 Å². The molecule has 0 aromatic rings. The van der Waals surface area contributed by atoms with E-state index in [1.807, 2.05) is 0 Å². The molecule has 3 fully saturated rings. The van der Waals surface area contributed by atoms with E-state index in [0.29, 0.717) is 12.0 Å². The number of rotatable bonds is 8. The number of nitrogens with zero attached hydrogens (tertiary/aromatic N) is 1. The lowest BCUT2D eigenvalue weighted by Gasteiger charge is -2.43. The molecule has 0 aromatic carbocycles. The van der Waals surface area contributed by atoms with E-state index in [9.17, 15) is 9.59 Å². The highest BCUT2D eigenvalue weighted by Crippen LogP contribution is 2.34. The van der Waals surface area contributed by atoms with Crippen LogP contribution in [0, 0.1) is 5.92 Å². The molecule has 1 amide bonds. The minimum Gasteiger partial charge on any atom is -0.480 e. The van der Waals surface area contributed by atoms with Gasteiger partial charge in [-0.3, -0.25) is 14.5 Å². The summed E-state index contributed by atoms with van der Waals surface area (Å²) >= 11 is 0. The first-order valence-electron chi connectivity index (χ1n) is 8.96. The average Bonchev–Trinajstić information content (AvgIpc) is 3.14. The molecule has 130 valence electrons. The van der Waals surface area contributed by atoms with Crippen LogP contribution >= 0.6 is 0 Å². The van der Waals surface area contributed by atoms with Gasteiger partial charge in [-0.25, -0.2) is 0 Å². The Morgan fingerprint density at radius 3 is 2.52 bits per heavy atom. The second-order valence-corrected chi connectivity index (χ2v) is 7.33. The molecule has 0 radical (unpaired) electrons. The summed E-state index contributed by atoms with van der Waals surface area (Å²) < 4.78 is 5.73. The Morgan fingerprint density at radius 1 is 1.22 bits per heavy atom. The van der Waals surface area contributed by atoms with Gasteiger partial charge in [-0.05, 0) is 50.9 Å². The van der Waals surface area contributed by atoms with Crippen LogP contribution in [-0.2, 0) is 14.3 Å². The number of nitrogens with one attached hydrogen (secondary N) is 1. The smallest absolute Gasteiger partial charge is 0.317 e. The van der Waals surface area contributed by atoms with E-state index in [4.69, 9.17) is 9.84 Å². The fraction of sp³-hybridized carbons (Fsp3) is 0.882. The summed E-state index contributed by atoms with van der Waals surface area (Å²) in [5.41, 5.74) is 0. The molecule has 2 aliphatic carbocycles. The Balaban J connectivity index is 1.40. The predicted molar refractivity (Wildman–Crippen MR) is 85.1 cm³/mol. The number of carbonyl (C=O) groups is 2. The number of hydrogen-bond donors (Lipinski definition) is 2. The summed E-state index contributed by atoms with van der Waals surface area (Å²) in [6, 6.07) is 0.470. The van der Waals surface area contributed by atoms with Crippen molar-refractivity contribution in [1.29, 1.82) is 0 Å². The van der Waals surface area contributed by atoms with E-state index in [1.165, 1.54) is 12.8 Å². The first kappa shape index (κ1) is 16.7. The molecule has 1 saturated heterocycles. The second kappa shape index (κ2) is 7.18. The van der Waals surface area contributed by atoms with Gasteiger partial charge in [-0.1, -0.05) is 6.92 Å². The highest BCUT2D eigenvalue weighted by Gasteiger charge is 2.39. The lowest BCUT2D eigenvalue weighted by atomic mass is 9.85. The van der Waals surface area contributed by atoms with Crippen molar-refractivity contribution in [1.82, 2.24) is 10.2 Å². The summed E-state index contributed by atoms with van der Waals surface area (Å²) in [5, 5.41) is 12.1. The number of carbonyl (C=O) groups excluding carboxylic acids is 1. The van der Waals surface area contributed by atoms with Gasteiger partial charge in [-0.2, -0.15) is 0 Å². The van der Waals surface area contributed by atoms with E-state index in [1.54, 1.807) is 0 Å². The maximum absolute atomic E-state index is 12.2. The Labute approximate surface area is 137 Å². The largest absolute Gasteiger partial charge is 0.480 e. The van der Waals surface area contributed by atoms with E-state index in [0.717, 1.165) is 38.6 Å². The van der Waals surface area contributed by atoms with Gasteiger partial charge in [-0.15, -0.1) is 0 Å². The van der Waals surface area contributed by atoms with Gasteiger partial charge in [0.05, 0.1) is 12.6 Å². The highest BCUT2D eigenvalue weighted by molar-refractivity contribution is 5.81. The summed E-state index contributed by atoms with van der Waals surface area (Å²) in [5.74, 6) is -0.0691. The zero-order chi connectivity index (χ0) is 16.4. The minimum absolute atomic E-state index is 0.0105. The van der Waals surface area contributed by atoms with Crippen LogP contribution < -0.4 is 5.32 Å². The van der Waals surface area contributed by atoms with Crippen LogP contribution in [0.4, 0.5) is 0 Å². The standard InChI is InChI=1S/C17H28N2O4/c1-2-14-5-6-15(23-14)17(22)18-12-7-13(8-12)19(10-16(20)21)9-11-3-4-11/h11-15H,2-10H2,1H3,(H,18,22)(H,20,21). The number of carboxylic acid groups (broad SMARTS) is 1. The first-order valence-corrected chi connectivity index (χ1v) is 8.96. The predicted octanol–water partition coefficient (Wildman–Crippen LogP) is 1.39. The maximum Gasteiger partial charge on any atom is 0.317 e. The first-order chi connectivity index (χ1) is 11.0. The summed E-state index contributed by atoms with van der Waals surface area (Å²) in [4.78, 5) is 25.3. The van der Waals surface area contributed by atoms with Crippen molar-refractivity contribution in [3.63, 3.8) is 0 Å². The number of aliphatic carboxylic acids is 1. The molecule has 6 heteroatoms. The van der Waals surface area contributed by atoms with Crippen LogP contribution in [0.2, 0.25) is 0 Å². The monoisotopic (exact) mass is 324 g/mol. The Bertz CT molecular complexity index is 446. The maximum atomic E-state index is 12.2. The molecule has 3 aliphatic rings. The van der Waals surface area contributed by atoms with Gasteiger partial charge in [0.1, 0.15) is 6.10 Å². The highest BCUT2D eigenvalue weighted by atomic mass is 16.5. The molecule has 6 nitrogen and oxygen atoms in total. The quantitative estimate of drug-likeness (QED) is 0.705. The third kappa shape index (κ3) is 4.44. The molecule has 1 aliphatic heterocycles. The third-order valence-corrected chi connectivity index (χ3v) is 5.36. The van der Waals surface area contributed by atoms with Gasteiger partial charge in [0.25, 0.3) is 0 Å². The van der Waals surface area contributed by atoms with Crippen molar-refractivity contribution in [2.75, 3.05) is 13.1 Å². The van der Waals surface area contributed by atoms with Crippen molar-refractivity contribution < 1.29 is 19.4 Å². The van der Waals surface area contributed by atoms with Crippen molar-refractivity contribution in [3.05, 3.63) is 0 Å². The van der Waals surface area contributed by atoms with Crippen LogP contribution in [0.15, 0.2) is 0 Å². The van der Waals surface area contributed by atoms with Gasteiger partial charge < -0.3 is 15.2 Å². The molecule has 2 atom stereocenters. The average molecular weight is 324 g/mol. The lowest BCUT2D eigenvalue weighted by molar-refractivity contribution is -0.140. The molecular weight excluding hydrogens is 296 g/mol. The molecule has 2 N–H and O–H groups in total. The Morgan fingerprint density at radius 2 is 1.96 bits per heavy atom. The molecule has 0 bridgehead atoms. The van der Waals surface area contributed by atoms with E-state index >= 15 is 0 Å². The zero-order valence-electron chi connectivity index (χ0n) is 13.9. The second-order valence-electron chi connectivity index (χ2n) is 7.33. The fourth-order valence-corrected chi connectivity index (χ4v) is 3.65. The summed E-state index contributed by atoms with van der Waals surface area (Å²) in [7, 11) is 0. The van der Waals surface area contributed by atoms with Crippen LogP contribution in [0.5, 0.6) is 0 Å². The SMILES string of the molecule is CCC1CCC(C(=O)NC2CC(N(CC(=O)O)CC3CC3)C2)O1. The van der Waals surface area contributed by atoms with Crippen molar-refractivity contribution in [2.24, 2.45) is 5.92 Å². The minimum atomic E-state index is -0.761. The molecule has 2 saturated carbocycles. The van der Waals surface area contributed by atoms with Crippen LogP contribution in [0.3, 0.4) is 0 Å².